The highest BCUT2D eigenvalue weighted by Gasteiger charge is 2.12. The molecule has 72 valence electrons. The topological polar surface area (TPSA) is 44.8 Å². The molecule has 0 bridgehead atoms. The van der Waals surface area contributed by atoms with Gasteiger partial charge >= 0.3 is 5.97 Å². The molecular weight excluding hydrogens is 160 g/mol. The van der Waals surface area contributed by atoms with Crippen LogP contribution >= 0.6 is 0 Å². The number of hydrogen-bond acceptors (Lipinski definition) is 4. The SMILES string of the molecule is COCCCO[C@@H](C)C(=O)OC. The summed E-state index contributed by atoms with van der Waals surface area (Å²) < 4.78 is 14.4. The fourth-order valence-electron chi connectivity index (χ4n) is 0.697. The normalized spacial score (nSPS) is 12.6. The van der Waals surface area contributed by atoms with Gasteiger partial charge in [0.05, 0.1) is 7.11 Å². The number of hydrogen-bond donors (Lipinski definition) is 0. The number of esters is 1. The summed E-state index contributed by atoms with van der Waals surface area (Å²) in [5.41, 5.74) is 0. The Kier molecular flexibility index (Phi) is 6.70. The van der Waals surface area contributed by atoms with Gasteiger partial charge in [-0.3, -0.25) is 0 Å². The molecule has 12 heavy (non-hydrogen) atoms. The van der Waals surface area contributed by atoms with E-state index in [9.17, 15) is 4.79 Å². The Morgan fingerprint density at radius 1 is 1.33 bits per heavy atom. The lowest BCUT2D eigenvalue weighted by Gasteiger charge is -2.09. The monoisotopic (exact) mass is 176 g/mol. The maximum atomic E-state index is 10.8. The third-order valence-electron chi connectivity index (χ3n) is 1.39. The van der Waals surface area contributed by atoms with Crippen LogP contribution in [0, 0.1) is 0 Å². The van der Waals surface area contributed by atoms with Gasteiger partial charge in [-0.15, -0.1) is 0 Å². The van der Waals surface area contributed by atoms with Gasteiger partial charge in [-0.2, -0.15) is 0 Å². The van der Waals surface area contributed by atoms with Crippen LogP contribution in [0.25, 0.3) is 0 Å². The van der Waals surface area contributed by atoms with Gasteiger partial charge in [0.1, 0.15) is 0 Å². The first-order valence-corrected chi connectivity index (χ1v) is 3.90. The van der Waals surface area contributed by atoms with Crippen LogP contribution in [-0.4, -0.2) is 39.5 Å². The maximum Gasteiger partial charge on any atom is 0.334 e. The van der Waals surface area contributed by atoms with Crippen LogP contribution in [0.1, 0.15) is 13.3 Å². The van der Waals surface area contributed by atoms with Crippen molar-refractivity contribution in [3.8, 4) is 0 Å². The van der Waals surface area contributed by atoms with Crippen LogP contribution in [0.5, 0.6) is 0 Å². The predicted molar refractivity (Wildman–Crippen MR) is 43.9 cm³/mol. The Morgan fingerprint density at radius 2 is 2.00 bits per heavy atom. The van der Waals surface area contributed by atoms with Crippen molar-refractivity contribution >= 4 is 5.97 Å². The molecule has 0 rings (SSSR count). The minimum Gasteiger partial charge on any atom is -0.467 e. The average Bonchev–Trinajstić information content (AvgIpc) is 2.10. The second-order valence-corrected chi connectivity index (χ2v) is 2.38. The first-order valence-electron chi connectivity index (χ1n) is 3.90. The minimum absolute atomic E-state index is 0.340. The summed E-state index contributed by atoms with van der Waals surface area (Å²) in [5.74, 6) is -0.340. The summed E-state index contributed by atoms with van der Waals surface area (Å²) in [6.45, 7) is 2.83. The molecule has 0 fully saturated rings. The summed E-state index contributed by atoms with van der Waals surface area (Å²) in [5, 5.41) is 0. The molecule has 0 aliphatic carbocycles. The Balaban J connectivity index is 3.31. The Labute approximate surface area is 72.8 Å². The van der Waals surface area contributed by atoms with E-state index in [-0.39, 0.29) is 5.97 Å². The minimum atomic E-state index is -0.480. The van der Waals surface area contributed by atoms with E-state index in [1.807, 2.05) is 0 Å². The molecule has 1 atom stereocenters. The standard InChI is InChI=1S/C8H16O4/c1-7(8(9)11-3)12-6-4-5-10-2/h7H,4-6H2,1-3H3/t7-/m0/s1. The lowest BCUT2D eigenvalue weighted by Crippen LogP contribution is -2.22. The van der Waals surface area contributed by atoms with Crippen LogP contribution in [0.3, 0.4) is 0 Å². The zero-order chi connectivity index (χ0) is 9.40. The van der Waals surface area contributed by atoms with Crippen molar-refractivity contribution < 1.29 is 19.0 Å². The zero-order valence-corrected chi connectivity index (χ0v) is 7.83. The first-order chi connectivity index (χ1) is 5.72. The summed E-state index contributed by atoms with van der Waals surface area (Å²) in [4.78, 5) is 10.8. The molecule has 0 aromatic heterocycles. The van der Waals surface area contributed by atoms with Crippen LogP contribution in [0.2, 0.25) is 0 Å². The van der Waals surface area contributed by atoms with Crippen LogP contribution in [-0.2, 0) is 19.0 Å². The quantitative estimate of drug-likeness (QED) is 0.439. The highest BCUT2D eigenvalue weighted by Crippen LogP contribution is 1.94. The van der Waals surface area contributed by atoms with E-state index in [0.717, 1.165) is 6.42 Å². The zero-order valence-electron chi connectivity index (χ0n) is 7.83. The van der Waals surface area contributed by atoms with Crippen LogP contribution < -0.4 is 0 Å². The van der Waals surface area contributed by atoms with E-state index in [1.165, 1.54) is 7.11 Å². The van der Waals surface area contributed by atoms with Gasteiger partial charge in [0.2, 0.25) is 0 Å². The van der Waals surface area contributed by atoms with E-state index >= 15 is 0 Å². The van der Waals surface area contributed by atoms with E-state index in [2.05, 4.69) is 4.74 Å². The molecule has 0 aliphatic heterocycles. The third kappa shape index (κ3) is 5.09. The lowest BCUT2D eigenvalue weighted by molar-refractivity contribution is -0.153. The van der Waals surface area contributed by atoms with Gasteiger partial charge in [-0.1, -0.05) is 0 Å². The Morgan fingerprint density at radius 3 is 2.50 bits per heavy atom. The van der Waals surface area contributed by atoms with Crippen molar-refractivity contribution in [2.75, 3.05) is 27.4 Å². The number of methoxy groups -OCH3 is 2. The van der Waals surface area contributed by atoms with Gasteiger partial charge in [0.15, 0.2) is 6.10 Å². The van der Waals surface area contributed by atoms with Gasteiger partial charge in [-0.25, -0.2) is 4.79 Å². The second-order valence-electron chi connectivity index (χ2n) is 2.38. The van der Waals surface area contributed by atoms with Gasteiger partial charge < -0.3 is 14.2 Å². The molecule has 0 amide bonds. The number of ether oxygens (including phenoxy) is 3. The molecule has 0 unspecified atom stereocenters. The molecule has 4 nitrogen and oxygen atoms in total. The highest BCUT2D eigenvalue weighted by molar-refractivity contribution is 5.73. The van der Waals surface area contributed by atoms with E-state index in [0.29, 0.717) is 13.2 Å². The highest BCUT2D eigenvalue weighted by atomic mass is 16.6. The number of carbonyl (C=O) groups is 1. The molecule has 0 aromatic carbocycles. The second kappa shape index (κ2) is 7.06. The molecular formula is C8H16O4. The van der Waals surface area contributed by atoms with E-state index < -0.39 is 6.10 Å². The fraction of sp³-hybridized carbons (Fsp3) is 0.875. The molecule has 0 aliphatic rings. The summed E-state index contributed by atoms with van der Waals surface area (Å²) in [6.07, 6.45) is 0.310. The van der Waals surface area contributed by atoms with Gasteiger partial charge in [-0.05, 0) is 13.3 Å². The Hall–Kier alpha value is -0.610. The van der Waals surface area contributed by atoms with E-state index in [4.69, 9.17) is 9.47 Å². The maximum absolute atomic E-state index is 10.8. The molecule has 0 saturated carbocycles. The molecule has 0 radical (unpaired) electrons. The lowest BCUT2D eigenvalue weighted by atomic mass is 10.4. The molecule has 0 aromatic rings. The largest absolute Gasteiger partial charge is 0.467 e. The molecule has 0 N–H and O–H groups in total. The van der Waals surface area contributed by atoms with Crippen LogP contribution in [0.4, 0.5) is 0 Å². The summed E-state index contributed by atoms with van der Waals surface area (Å²) >= 11 is 0. The number of rotatable bonds is 6. The van der Waals surface area contributed by atoms with Crippen molar-refractivity contribution in [3.63, 3.8) is 0 Å². The first kappa shape index (κ1) is 11.4. The smallest absolute Gasteiger partial charge is 0.334 e. The number of carbonyl (C=O) groups excluding carboxylic acids is 1. The van der Waals surface area contributed by atoms with Crippen molar-refractivity contribution in [2.45, 2.75) is 19.4 Å². The average molecular weight is 176 g/mol. The van der Waals surface area contributed by atoms with Crippen LogP contribution in [0.15, 0.2) is 0 Å². The molecule has 4 heteroatoms. The van der Waals surface area contributed by atoms with Crippen molar-refractivity contribution in [3.05, 3.63) is 0 Å². The van der Waals surface area contributed by atoms with Crippen molar-refractivity contribution in [1.29, 1.82) is 0 Å². The molecule has 0 saturated heterocycles. The molecule has 0 spiro atoms. The predicted octanol–water partition coefficient (Wildman–Crippen LogP) is 0.601. The molecule has 0 heterocycles. The third-order valence-corrected chi connectivity index (χ3v) is 1.39. The van der Waals surface area contributed by atoms with Crippen molar-refractivity contribution in [2.24, 2.45) is 0 Å². The van der Waals surface area contributed by atoms with Crippen molar-refractivity contribution in [1.82, 2.24) is 0 Å². The Bertz CT molecular complexity index is 124. The van der Waals surface area contributed by atoms with E-state index in [1.54, 1.807) is 14.0 Å². The fourth-order valence-corrected chi connectivity index (χ4v) is 0.697. The summed E-state index contributed by atoms with van der Waals surface area (Å²) in [6, 6.07) is 0. The van der Waals surface area contributed by atoms with Gasteiger partial charge in [0.25, 0.3) is 0 Å². The van der Waals surface area contributed by atoms with Gasteiger partial charge in [0, 0.05) is 20.3 Å². The summed E-state index contributed by atoms with van der Waals surface area (Å²) in [7, 11) is 2.97.